The fourth-order valence-corrected chi connectivity index (χ4v) is 4.03. The molecule has 4 nitrogen and oxygen atoms in total. The first kappa shape index (κ1) is 20.2. The Balaban J connectivity index is 1.50. The second kappa shape index (κ2) is 8.76. The van der Waals surface area contributed by atoms with Crippen LogP contribution < -0.4 is 0 Å². The molecule has 1 amide bonds. The third-order valence-corrected chi connectivity index (χ3v) is 5.77. The normalized spacial score (nSPS) is 18.6. The standard InChI is InChI=1S/C25H25FN2O2/c1-17-9-10-18(13-23(17)26)12-19-6-2-3-8-22(19)25(30)28-15-20(24(29)16-28)14-21-7-4-5-11-27-21/h2-11,13,20,24,29H,12,14-16H2,1H3/t20-,24-/m1/s1. The highest BCUT2D eigenvalue weighted by Crippen LogP contribution is 2.25. The molecule has 0 spiro atoms. The fourth-order valence-electron chi connectivity index (χ4n) is 4.03. The van der Waals surface area contributed by atoms with E-state index in [-0.39, 0.29) is 17.6 Å². The van der Waals surface area contributed by atoms with Crippen LogP contribution in [0.3, 0.4) is 0 Å². The minimum atomic E-state index is -0.575. The predicted molar refractivity (Wildman–Crippen MR) is 114 cm³/mol. The van der Waals surface area contributed by atoms with E-state index < -0.39 is 6.10 Å². The van der Waals surface area contributed by atoms with E-state index in [0.717, 1.165) is 16.8 Å². The number of nitrogens with zero attached hydrogens (tertiary/aromatic N) is 2. The molecule has 1 N–H and O–H groups in total. The first-order valence-electron chi connectivity index (χ1n) is 10.2. The number of aromatic nitrogens is 1. The molecule has 5 heteroatoms. The first-order chi connectivity index (χ1) is 14.5. The average molecular weight is 404 g/mol. The van der Waals surface area contributed by atoms with Crippen molar-refractivity contribution < 1.29 is 14.3 Å². The number of β-amino-alcohol motifs (C(OH)–C–C–N with tert-alkyl or cyclic N) is 1. The molecule has 0 radical (unpaired) electrons. The van der Waals surface area contributed by atoms with Crippen molar-refractivity contribution in [3.63, 3.8) is 0 Å². The molecule has 1 aliphatic rings. The lowest BCUT2D eigenvalue weighted by molar-refractivity contribution is 0.0763. The van der Waals surface area contributed by atoms with Crippen LogP contribution in [0.2, 0.25) is 0 Å². The van der Waals surface area contributed by atoms with E-state index >= 15 is 0 Å². The zero-order valence-electron chi connectivity index (χ0n) is 17.0. The number of hydrogen-bond acceptors (Lipinski definition) is 3. The van der Waals surface area contributed by atoms with Crippen molar-refractivity contribution in [1.29, 1.82) is 0 Å². The maximum absolute atomic E-state index is 13.9. The van der Waals surface area contributed by atoms with Crippen molar-refractivity contribution >= 4 is 5.91 Å². The SMILES string of the molecule is Cc1ccc(Cc2ccccc2C(=O)N2C[C@@H](Cc3ccccn3)[C@H](O)C2)cc1F. The van der Waals surface area contributed by atoms with E-state index in [9.17, 15) is 14.3 Å². The number of amides is 1. The van der Waals surface area contributed by atoms with Crippen molar-refractivity contribution in [1.82, 2.24) is 9.88 Å². The van der Waals surface area contributed by atoms with Crippen LogP contribution in [0.5, 0.6) is 0 Å². The van der Waals surface area contributed by atoms with Gasteiger partial charge >= 0.3 is 0 Å². The van der Waals surface area contributed by atoms with Gasteiger partial charge in [0.2, 0.25) is 0 Å². The number of benzene rings is 2. The highest BCUT2D eigenvalue weighted by molar-refractivity contribution is 5.96. The van der Waals surface area contributed by atoms with Crippen LogP contribution >= 0.6 is 0 Å². The van der Waals surface area contributed by atoms with E-state index in [2.05, 4.69) is 4.98 Å². The number of aliphatic hydroxyl groups is 1. The van der Waals surface area contributed by atoms with Gasteiger partial charge in [-0.1, -0.05) is 36.4 Å². The third kappa shape index (κ3) is 4.41. The maximum Gasteiger partial charge on any atom is 0.254 e. The summed E-state index contributed by atoms with van der Waals surface area (Å²) in [6.07, 6.45) is 2.28. The lowest BCUT2D eigenvalue weighted by atomic mass is 9.98. The summed E-state index contributed by atoms with van der Waals surface area (Å²) in [4.78, 5) is 19.3. The molecule has 2 atom stereocenters. The second-order valence-corrected chi connectivity index (χ2v) is 7.98. The smallest absolute Gasteiger partial charge is 0.254 e. The summed E-state index contributed by atoms with van der Waals surface area (Å²) in [6, 6.07) is 18.3. The minimum Gasteiger partial charge on any atom is -0.391 e. The zero-order chi connectivity index (χ0) is 21.1. The molecule has 0 saturated carbocycles. The van der Waals surface area contributed by atoms with Gasteiger partial charge in [0.15, 0.2) is 0 Å². The molecule has 3 aromatic rings. The first-order valence-corrected chi connectivity index (χ1v) is 10.2. The molecule has 0 unspecified atom stereocenters. The van der Waals surface area contributed by atoms with Crippen LogP contribution in [0.1, 0.15) is 32.7 Å². The molecule has 4 rings (SSSR count). The zero-order valence-corrected chi connectivity index (χ0v) is 17.0. The Kier molecular flexibility index (Phi) is 5.91. The Bertz CT molecular complexity index is 1040. The van der Waals surface area contributed by atoms with E-state index in [1.54, 1.807) is 30.2 Å². The molecule has 1 aromatic heterocycles. The molecular formula is C25H25FN2O2. The van der Waals surface area contributed by atoms with Gasteiger partial charge in [0.05, 0.1) is 6.10 Å². The van der Waals surface area contributed by atoms with Crippen LogP contribution in [0.15, 0.2) is 66.9 Å². The Morgan fingerprint density at radius 3 is 2.70 bits per heavy atom. The third-order valence-electron chi connectivity index (χ3n) is 5.77. The molecule has 2 heterocycles. The van der Waals surface area contributed by atoms with Gasteiger partial charge < -0.3 is 10.0 Å². The van der Waals surface area contributed by atoms with Gasteiger partial charge in [0.25, 0.3) is 5.91 Å². The summed E-state index contributed by atoms with van der Waals surface area (Å²) in [5.74, 6) is -0.376. The van der Waals surface area contributed by atoms with Crippen LogP contribution in [-0.4, -0.2) is 40.1 Å². The molecule has 1 fully saturated rings. The molecule has 154 valence electrons. The summed E-state index contributed by atoms with van der Waals surface area (Å²) >= 11 is 0. The van der Waals surface area contributed by atoms with Crippen LogP contribution in [0.4, 0.5) is 4.39 Å². The number of carbonyl (C=O) groups is 1. The largest absolute Gasteiger partial charge is 0.391 e. The Hall–Kier alpha value is -3.05. The van der Waals surface area contributed by atoms with E-state index in [1.807, 2.05) is 42.5 Å². The van der Waals surface area contributed by atoms with Crippen molar-refractivity contribution in [3.8, 4) is 0 Å². The van der Waals surface area contributed by atoms with Gasteiger partial charge in [0.1, 0.15) is 5.82 Å². The number of aryl methyl sites for hydroxylation is 1. The summed E-state index contributed by atoms with van der Waals surface area (Å²) in [6.45, 7) is 2.53. The second-order valence-electron chi connectivity index (χ2n) is 7.98. The molecule has 30 heavy (non-hydrogen) atoms. The van der Waals surface area contributed by atoms with E-state index in [0.29, 0.717) is 37.1 Å². The Morgan fingerprint density at radius 1 is 1.13 bits per heavy atom. The molecule has 0 aliphatic carbocycles. The van der Waals surface area contributed by atoms with Gasteiger partial charge in [-0.05, 0) is 60.7 Å². The Morgan fingerprint density at radius 2 is 1.93 bits per heavy atom. The molecule has 1 aliphatic heterocycles. The van der Waals surface area contributed by atoms with Gasteiger partial charge in [0, 0.05) is 36.5 Å². The monoisotopic (exact) mass is 404 g/mol. The number of halogens is 1. The number of rotatable bonds is 5. The number of hydrogen-bond donors (Lipinski definition) is 1. The lowest BCUT2D eigenvalue weighted by Crippen LogP contribution is -2.30. The summed E-state index contributed by atoms with van der Waals surface area (Å²) in [7, 11) is 0. The predicted octanol–water partition coefficient (Wildman–Crippen LogP) is 3.80. The van der Waals surface area contributed by atoms with Gasteiger partial charge in [-0.25, -0.2) is 4.39 Å². The highest BCUT2D eigenvalue weighted by Gasteiger charge is 2.35. The van der Waals surface area contributed by atoms with Crippen LogP contribution in [0, 0.1) is 18.7 Å². The van der Waals surface area contributed by atoms with E-state index in [4.69, 9.17) is 0 Å². The van der Waals surface area contributed by atoms with Crippen LogP contribution in [-0.2, 0) is 12.8 Å². The maximum atomic E-state index is 13.9. The molecule has 0 bridgehead atoms. The lowest BCUT2D eigenvalue weighted by Gasteiger charge is -2.18. The van der Waals surface area contributed by atoms with Gasteiger partial charge in [-0.3, -0.25) is 9.78 Å². The fraction of sp³-hybridized carbons (Fsp3) is 0.280. The van der Waals surface area contributed by atoms with Crippen LogP contribution in [0.25, 0.3) is 0 Å². The number of pyridine rings is 1. The van der Waals surface area contributed by atoms with Gasteiger partial charge in [-0.2, -0.15) is 0 Å². The average Bonchev–Trinajstić information content (AvgIpc) is 3.12. The number of carbonyl (C=O) groups excluding carboxylic acids is 1. The van der Waals surface area contributed by atoms with Crippen molar-refractivity contribution in [2.45, 2.75) is 25.9 Å². The number of likely N-dealkylation sites (tertiary alicyclic amines) is 1. The minimum absolute atomic E-state index is 0.0396. The Labute approximate surface area is 176 Å². The van der Waals surface area contributed by atoms with Crippen molar-refractivity contribution in [2.75, 3.05) is 13.1 Å². The topological polar surface area (TPSA) is 53.4 Å². The summed E-state index contributed by atoms with van der Waals surface area (Å²) in [5, 5.41) is 10.5. The quantitative estimate of drug-likeness (QED) is 0.704. The van der Waals surface area contributed by atoms with Crippen molar-refractivity contribution in [3.05, 3.63) is 101 Å². The summed E-state index contributed by atoms with van der Waals surface area (Å²) in [5.41, 5.74) is 3.80. The highest BCUT2D eigenvalue weighted by atomic mass is 19.1. The molecular weight excluding hydrogens is 379 g/mol. The summed E-state index contributed by atoms with van der Waals surface area (Å²) < 4.78 is 13.9. The molecule has 2 aromatic carbocycles. The van der Waals surface area contributed by atoms with Crippen molar-refractivity contribution in [2.24, 2.45) is 5.92 Å². The van der Waals surface area contributed by atoms with E-state index in [1.165, 1.54) is 6.07 Å². The molecule has 1 saturated heterocycles. The van der Waals surface area contributed by atoms with Gasteiger partial charge in [-0.15, -0.1) is 0 Å². The number of aliphatic hydroxyl groups excluding tert-OH is 1.